The largest absolute Gasteiger partial charge is 0.381 e. The van der Waals surface area contributed by atoms with Crippen LogP contribution in [0.2, 0.25) is 0 Å². The molecule has 1 amide bonds. The molecule has 1 saturated heterocycles. The highest BCUT2D eigenvalue weighted by Gasteiger charge is 2.35. The van der Waals surface area contributed by atoms with Crippen molar-refractivity contribution >= 4 is 11.6 Å². The number of ether oxygens (including phenoxy) is 1. The molecular formula is C19H20N4O2. The molecule has 0 saturated carbocycles. The van der Waals surface area contributed by atoms with Gasteiger partial charge in [0.05, 0.1) is 0 Å². The Hall–Kier alpha value is -2.73. The highest BCUT2D eigenvalue weighted by atomic mass is 16.5. The monoisotopic (exact) mass is 336 g/mol. The van der Waals surface area contributed by atoms with Gasteiger partial charge in [0, 0.05) is 43.6 Å². The molecule has 1 fully saturated rings. The standard InChI is InChI=1S/C19H20N4O2/c24-18(16-13-17-20-9-4-10-23(17)22-16)21-14-19(7-11-25-12-8-19)15-5-2-1-3-6-15/h1-6,9-10,13H,7-8,11-12,14H2,(H,21,24). The van der Waals surface area contributed by atoms with Crippen molar-refractivity contribution in [2.75, 3.05) is 19.8 Å². The maximum atomic E-state index is 12.6. The Bertz CT molecular complexity index is 836. The fraction of sp³-hybridized carbons (Fsp3) is 0.316. The molecule has 0 unspecified atom stereocenters. The number of aromatic nitrogens is 3. The minimum Gasteiger partial charge on any atom is -0.381 e. The van der Waals surface area contributed by atoms with E-state index in [0.29, 0.717) is 31.1 Å². The molecule has 6 nitrogen and oxygen atoms in total. The van der Waals surface area contributed by atoms with Crippen molar-refractivity contribution in [2.45, 2.75) is 18.3 Å². The Morgan fingerprint density at radius 2 is 2.00 bits per heavy atom. The molecule has 128 valence electrons. The highest BCUT2D eigenvalue weighted by Crippen LogP contribution is 2.34. The summed E-state index contributed by atoms with van der Waals surface area (Å²) in [5.41, 5.74) is 2.20. The third-order valence-electron chi connectivity index (χ3n) is 4.89. The number of carbonyl (C=O) groups is 1. The summed E-state index contributed by atoms with van der Waals surface area (Å²) in [5, 5.41) is 7.36. The second-order valence-corrected chi connectivity index (χ2v) is 6.39. The van der Waals surface area contributed by atoms with Crippen LogP contribution >= 0.6 is 0 Å². The Morgan fingerprint density at radius 3 is 2.76 bits per heavy atom. The van der Waals surface area contributed by atoms with Gasteiger partial charge in [0.1, 0.15) is 0 Å². The summed E-state index contributed by atoms with van der Waals surface area (Å²) in [6.07, 6.45) is 5.25. The molecule has 3 heterocycles. The molecule has 1 N–H and O–H groups in total. The minimum atomic E-state index is -0.174. The molecule has 1 aliphatic rings. The van der Waals surface area contributed by atoms with Crippen LogP contribution < -0.4 is 5.32 Å². The number of hydrogen-bond acceptors (Lipinski definition) is 4. The molecule has 2 aromatic heterocycles. The summed E-state index contributed by atoms with van der Waals surface area (Å²) in [5.74, 6) is -0.174. The lowest BCUT2D eigenvalue weighted by atomic mass is 9.74. The lowest BCUT2D eigenvalue weighted by molar-refractivity contribution is 0.0486. The van der Waals surface area contributed by atoms with Crippen LogP contribution in [-0.4, -0.2) is 40.3 Å². The Labute approximate surface area is 145 Å². The fourth-order valence-electron chi connectivity index (χ4n) is 3.40. The second-order valence-electron chi connectivity index (χ2n) is 6.39. The molecule has 0 radical (unpaired) electrons. The zero-order valence-corrected chi connectivity index (χ0v) is 13.9. The first-order chi connectivity index (χ1) is 12.3. The maximum Gasteiger partial charge on any atom is 0.271 e. The Morgan fingerprint density at radius 1 is 1.20 bits per heavy atom. The predicted octanol–water partition coefficient (Wildman–Crippen LogP) is 2.21. The molecule has 6 heteroatoms. The number of nitrogens with zero attached hydrogens (tertiary/aromatic N) is 3. The van der Waals surface area contributed by atoms with Crippen LogP contribution in [-0.2, 0) is 10.2 Å². The van der Waals surface area contributed by atoms with Gasteiger partial charge in [-0.05, 0) is 24.5 Å². The van der Waals surface area contributed by atoms with E-state index < -0.39 is 0 Å². The summed E-state index contributed by atoms with van der Waals surface area (Å²) < 4.78 is 7.15. The van der Waals surface area contributed by atoms with Gasteiger partial charge in [-0.25, -0.2) is 9.50 Å². The molecule has 1 aromatic carbocycles. The molecule has 25 heavy (non-hydrogen) atoms. The number of nitrogens with one attached hydrogen (secondary N) is 1. The van der Waals surface area contributed by atoms with Gasteiger partial charge in [-0.3, -0.25) is 4.79 Å². The molecule has 1 aliphatic heterocycles. The molecule has 0 bridgehead atoms. The van der Waals surface area contributed by atoms with Crippen LogP contribution in [0.15, 0.2) is 54.9 Å². The van der Waals surface area contributed by atoms with Gasteiger partial charge in [-0.15, -0.1) is 0 Å². The van der Waals surface area contributed by atoms with E-state index >= 15 is 0 Å². The van der Waals surface area contributed by atoms with Crippen LogP contribution in [0, 0.1) is 0 Å². The molecule has 0 atom stereocenters. The summed E-state index contributed by atoms with van der Waals surface area (Å²) >= 11 is 0. The number of hydrogen-bond donors (Lipinski definition) is 1. The van der Waals surface area contributed by atoms with Gasteiger partial charge in [-0.2, -0.15) is 5.10 Å². The average Bonchev–Trinajstić information content (AvgIpc) is 3.12. The van der Waals surface area contributed by atoms with Crippen molar-refractivity contribution in [3.63, 3.8) is 0 Å². The normalized spacial score (nSPS) is 16.6. The smallest absolute Gasteiger partial charge is 0.271 e. The van der Waals surface area contributed by atoms with Crippen molar-refractivity contribution in [1.82, 2.24) is 19.9 Å². The highest BCUT2D eigenvalue weighted by molar-refractivity contribution is 5.93. The van der Waals surface area contributed by atoms with E-state index in [0.717, 1.165) is 12.8 Å². The quantitative estimate of drug-likeness (QED) is 0.793. The SMILES string of the molecule is O=C(NCC1(c2ccccc2)CCOCC1)c1cc2ncccn2n1. The zero-order valence-electron chi connectivity index (χ0n) is 13.9. The van der Waals surface area contributed by atoms with Gasteiger partial charge in [0.25, 0.3) is 5.91 Å². The number of benzene rings is 1. The number of rotatable bonds is 4. The van der Waals surface area contributed by atoms with Crippen LogP contribution in [0.1, 0.15) is 28.9 Å². The summed E-state index contributed by atoms with van der Waals surface area (Å²) in [6.45, 7) is 1.99. The first-order valence-electron chi connectivity index (χ1n) is 8.49. The van der Waals surface area contributed by atoms with Crippen LogP contribution in [0.4, 0.5) is 0 Å². The summed E-state index contributed by atoms with van der Waals surface area (Å²) in [6, 6.07) is 13.9. The minimum absolute atomic E-state index is 0.0907. The topological polar surface area (TPSA) is 68.5 Å². The van der Waals surface area contributed by atoms with Gasteiger partial charge in [0.2, 0.25) is 0 Å². The molecular weight excluding hydrogens is 316 g/mol. The van der Waals surface area contributed by atoms with E-state index in [9.17, 15) is 4.79 Å². The van der Waals surface area contributed by atoms with Crippen molar-refractivity contribution in [3.8, 4) is 0 Å². The maximum absolute atomic E-state index is 12.6. The number of carbonyl (C=O) groups excluding carboxylic acids is 1. The van der Waals surface area contributed by atoms with E-state index in [4.69, 9.17) is 4.74 Å². The first kappa shape index (κ1) is 15.8. The molecule has 0 aliphatic carbocycles. The fourth-order valence-corrected chi connectivity index (χ4v) is 3.40. The van der Waals surface area contributed by atoms with Gasteiger partial charge in [-0.1, -0.05) is 30.3 Å². The van der Waals surface area contributed by atoms with Crippen molar-refractivity contribution in [2.24, 2.45) is 0 Å². The molecule has 4 rings (SSSR count). The van der Waals surface area contributed by atoms with Gasteiger partial charge in [0.15, 0.2) is 11.3 Å². The van der Waals surface area contributed by atoms with Gasteiger partial charge >= 0.3 is 0 Å². The molecule has 3 aromatic rings. The zero-order chi connectivity index (χ0) is 17.1. The first-order valence-corrected chi connectivity index (χ1v) is 8.49. The Balaban J connectivity index is 1.53. The summed E-state index contributed by atoms with van der Waals surface area (Å²) in [4.78, 5) is 16.8. The van der Waals surface area contributed by atoms with E-state index in [1.165, 1.54) is 5.56 Å². The van der Waals surface area contributed by atoms with Crippen molar-refractivity contribution < 1.29 is 9.53 Å². The van der Waals surface area contributed by atoms with Crippen LogP contribution in [0.5, 0.6) is 0 Å². The average molecular weight is 336 g/mol. The lowest BCUT2D eigenvalue weighted by Crippen LogP contribution is -2.44. The van der Waals surface area contributed by atoms with E-state index in [2.05, 4.69) is 27.5 Å². The van der Waals surface area contributed by atoms with E-state index in [-0.39, 0.29) is 11.3 Å². The van der Waals surface area contributed by atoms with Gasteiger partial charge < -0.3 is 10.1 Å². The van der Waals surface area contributed by atoms with Crippen molar-refractivity contribution in [1.29, 1.82) is 0 Å². The van der Waals surface area contributed by atoms with Crippen LogP contribution in [0.25, 0.3) is 5.65 Å². The predicted molar refractivity (Wildman–Crippen MR) is 93.5 cm³/mol. The van der Waals surface area contributed by atoms with Crippen molar-refractivity contribution in [3.05, 3.63) is 66.1 Å². The Kier molecular flexibility index (Phi) is 4.19. The second kappa shape index (κ2) is 6.64. The number of amides is 1. The summed E-state index contributed by atoms with van der Waals surface area (Å²) in [7, 11) is 0. The third kappa shape index (κ3) is 3.13. The van der Waals surface area contributed by atoms with E-state index in [1.807, 2.05) is 18.2 Å². The lowest BCUT2D eigenvalue weighted by Gasteiger charge is -2.37. The third-order valence-corrected chi connectivity index (χ3v) is 4.89. The van der Waals surface area contributed by atoms with E-state index in [1.54, 1.807) is 29.0 Å². The molecule has 0 spiro atoms. The number of fused-ring (bicyclic) bond motifs is 1. The van der Waals surface area contributed by atoms with Crippen LogP contribution in [0.3, 0.4) is 0 Å².